The molecule has 2 aromatic heterocycles. The zero-order chi connectivity index (χ0) is 26.4. The van der Waals surface area contributed by atoms with Crippen LogP contribution in [-0.4, -0.2) is 58.5 Å². The fourth-order valence-electron chi connectivity index (χ4n) is 4.47. The first-order valence-corrected chi connectivity index (χ1v) is 13.2. The average molecular weight is 551 g/mol. The van der Waals surface area contributed by atoms with Gasteiger partial charge in [-0.3, -0.25) is 0 Å². The summed E-state index contributed by atoms with van der Waals surface area (Å²) in [5.74, 6) is 1.23. The highest BCUT2D eigenvalue weighted by Gasteiger charge is 2.35. The van der Waals surface area contributed by atoms with Crippen LogP contribution in [0.1, 0.15) is 22.4 Å². The number of piperazine rings is 1. The molecular weight excluding hydrogens is 529 g/mol. The number of fused-ring (bicyclic) bond motifs is 1. The summed E-state index contributed by atoms with van der Waals surface area (Å²) >= 11 is 5.99. The van der Waals surface area contributed by atoms with E-state index in [9.17, 15) is 21.6 Å². The monoisotopic (exact) mass is 550 g/mol. The lowest BCUT2D eigenvalue weighted by atomic mass is 10.0. The second-order valence-electron chi connectivity index (χ2n) is 8.67. The Bertz CT molecular complexity index is 1550. The van der Waals surface area contributed by atoms with Gasteiger partial charge in [0.2, 0.25) is 10.0 Å². The van der Waals surface area contributed by atoms with Crippen LogP contribution in [0.3, 0.4) is 0 Å². The number of alkyl halides is 3. The first kappa shape index (κ1) is 25.4. The van der Waals surface area contributed by atoms with E-state index >= 15 is 0 Å². The van der Waals surface area contributed by atoms with E-state index in [4.69, 9.17) is 11.6 Å². The van der Waals surface area contributed by atoms with Gasteiger partial charge in [0.05, 0.1) is 10.6 Å². The van der Waals surface area contributed by atoms with Crippen LogP contribution in [0.4, 0.5) is 19.0 Å². The summed E-state index contributed by atoms with van der Waals surface area (Å²) in [6.45, 7) is 2.79. The van der Waals surface area contributed by atoms with Crippen molar-refractivity contribution in [3.05, 3.63) is 82.3 Å². The second kappa shape index (κ2) is 9.58. The number of sulfonamides is 1. The number of aromatic nitrogens is 4. The van der Waals surface area contributed by atoms with Gasteiger partial charge in [0.1, 0.15) is 17.0 Å². The summed E-state index contributed by atoms with van der Waals surface area (Å²) < 4.78 is 68.4. The summed E-state index contributed by atoms with van der Waals surface area (Å²) in [6.07, 6.45) is -2.60. The largest absolute Gasteiger partial charge is 0.416 e. The lowest BCUT2D eigenvalue weighted by Gasteiger charge is -2.36. The van der Waals surface area contributed by atoms with Gasteiger partial charge in [0.25, 0.3) is 5.78 Å². The summed E-state index contributed by atoms with van der Waals surface area (Å²) in [4.78, 5) is 10.5. The molecule has 13 heteroatoms. The molecule has 1 saturated heterocycles. The SMILES string of the molecule is Cc1nc2ncnn2c(N2CCN(S(=O)(=O)c3ccc(C(F)(F)F)cc3Cl)CC2)c1Cc1ccccc1. The van der Waals surface area contributed by atoms with Gasteiger partial charge in [-0.2, -0.15) is 32.1 Å². The van der Waals surface area contributed by atoms with Crippen LogP contribution in [0.25, 0.3) is 5.78 Å². The van der Waals surface area contributed by atoms with Gasteiger partial charge < -0.3 is 4.90 Å². The highest BCUT2D eigenvalue weighted by molar-refractivity contribution is 7.89. The van der Waals surface area contributed by atoms with Crippen molar-refractivity contribution in [2.75, 3.05) is 31.1 Å². The lowest BCUT2D eigenvalue weighted by molar-refractivity contribution is -0.137. The van der Waals surface area contributed by atoms with Crippen LogP contribution < -0.4 is 4.90 Å². The first-order chi connectivity index (χ1) is 17.6. The van der Waals surface area contributed by atoms with Crippen LogP contribution in [0.2, 0.25) is 5.02 Å². The Labute approximate surface area is 216 Å². The molecule has 5 rings (SSSR count). The number of rotatable bonds is 5. The van der Waals surface area contributed by atoms with E-state index in [0.29, 0.717) is 31.4 Å². The number of nitrogens with zero attached hydrogens (tertiary/aromatic N) is 6. The molecule has 2 aromatic carbocycles. The minimum absolute atomic E-state index is 0.113. The van der Waals surface area contributed by atoms with Crippen molar-refractivity contribution in [2.45, 2.75) is 24.4 Å². The standard InChI is InChI=1S/C24H22ClF3N6O2S/c1-16-19(13-17-5-3-2-4-6-17)22(34-23(31-16)29-15-30-34)32-9-11-33(12-10-32)37(35,36)21-8-7-18(14-20(21)25)24(26,27)28/h2-8,14-15H,9-13H2,1H3. The molecule has 0 radical (unpaired) electrons. The van der Waals surface area contributed by atoms with E-state index in [2.05, 4.69) is 15.1 Å². The lowest BCUT2D eigenvalue weighted by Crippen LogP contribution is -2.49. The smallest absolute Gasteiger partial charge is 0.354 e. The number of benzene rings is 2. The van der Waals surface area contributed by atoms with E-state index in [1.54, 1.807) is 4.52 Å². The number of hydrogen-bond donors (Lipinski definition) is 0. The highest BCUT2D eigenvalue weighted by Crippen LogP contribution is 2.35. The summed E-state index contributed by atoms with van der Waals surface area (Å²) in [7, 11) is -4.10. The Balaban J connectivity index is 1.43. The Morgan fingerprint density at radius 2 is 1.73 bits per heavy atom. The predicted molar refractivity (Wildman–Crippen MR) is 132 cm³/mol. The molecule has 0 bridgehead atoms. The summed E-state index contributed by atoms with van der Waals surface area (Å²) in [6, 6.07) is 12.2. The number of aryl methyl sites for hydroxylation is 1. The third-order valence-electron chi connectivity index (χ3n) is 6.34. The van der Waals surface area contributed by atoms with Crippen molar-refractivity contribution in [1.29, 1.82) is 0 Å². The van der Waals surface area contributed by atoms with Gasteiger partial charge in [-0.1, -0.05) is 41.9 Å². The molecule has 4 aromatic rings. The van der Waals surface area contributed by atoms with Gasteiger partial charge in [0.15, 0.2) is 0 Å². The van der Waals surface area contributed by atoms with Crippen LogP contribution in [0.5, 0.6) is 0 Å². The van der Waals surface area contributed by atoms with Gasteiger partial charge in [0, 0.05) is 43.9 Å². The molecule has 1 aliphatic heterocycles. The van der Waals surface area contributed by atoms with E-state index in [1.165, 1.54) is 10.6 Å². The Hall–Kier alpha value is -3.22. The van der Waals surface area contributed by atoms with Crippen molar-refractivity contribution in [1.82, 2.24) is 23.9 Å². The molecule has 0 unspecified atom stereocenters. The van der Waals surface area contributed by atoms with E-state index in [1.807, 2.05) is 42.2 Å². The summed E-state index contributed by atoms with van der Waals surface area (Å²) in [5, 5.41) is 3.89. The maximum absolute atomic E-state index is 13.2. The fourth-order valence-corrected chi connectivity index (χ4v) is 6.41. The van der Waals surface area contributed by atoms with Crippen molar-refractivity contribution in [3.8, 4) is 0 Å². The minimum Gasteiger partial charge on any atom is -0.354 e. The summed E-state index contributed by atoms with van der Waals surface area (Å²) in [5.41, 5.74) is 1.83. The number of hydrogen-bond acceptors (Lipinski definition) is 6. The normalized spacial score (nSPS) is 15.4. The molecule has 3 heterocycles. The Morgan fingerprint density at radius 3 is 2.38 bits per heavy atom. The average Bonchev–Trinajstić information content (AvgIpc) is 3.32. The Kier molecular flexibility index (Phi) is 6.59. The van der Waals surface area contributed by atoms with Crippen molar-refractivity contribution in [2.24, 2.45) is 0 Å². The highest BCUT2D eigenvalue weighted by atomic mass is 35.5. The van der Waals surface area contributed by atoms with Crippen LogP contribution in [-0.2, 0) is 22.6 Å². The maximum Gasteiger partial charge on any atom is 0.416 e. The van der Waals surface area contributed by atoms with Crippen molar-refractivity contribution in [3.63, 3.8) is 0 Å². The molecule has 0 spiro atoms. The van der Waals surface area contributed by atoms with Crippen LogP contribution >= 0.6 is 11.6 Å². The van der Waals surface area contributed by atoms with E-state index in [-0.39, 0.29) is 18.0 Å². The van der Waals surface area contributed by atoms with Crippen molar-refractivity contribution >= 4 is 33.2 Å². The molecule has 1 fully saturated rings. The molecular formula is C24H22ClF3N6O2S. The molecule has 0 aliphatic carbocycles. The first-order valence-electron chi connectivity index (χ1n) is 11.4. The molecule has 0 amide bonds. The molecule has 8 nitrogen and oxygen atoms in total. The topological polar surface area (TPSA) is 83.7 Å². The quantitative estimate of drug-likeness (QED) is 0.370. The van der Waals surface area contributed by atoms with Gasteiger partial charge >= 0.3 is 6.18 Å². The van der Waals surface area contributed by atoms with Gasteiger partial charge in [-0.05, 0) is 30.7 Å². The van der Waals surface area contributed by atoms with E-state index < -0.39 is 26.8 Å². The molecule has 194 valence electrons. The van der Waals surface area contributed by atoms with Crippen molar-refractivity contribution < 1.29 is 21.6 Å². The molecule has 0 atom stereocenters. The van der Waals surface area contributed by atoms with Gasteiger partial charge in [-0.25, -0.2) is 13.4 Å². The maximum atomic E-state index is 13.2. The van der Waals surface area contributed by atoms with Crippen LogP contribution in [0.15, 0.2) is 59.8 Å². The molecule has 1 aliphatic rings. The van der Waals surface area contributed by atoms with Gasteiger partial charge in [-0.15, -0.1) is 0 Å². The molecule has 37 heavy (non-hydrogen) atoms. The Morgan fingerprint density at radius 1 is 1.03 bits per heavy atom. The van der Waals surface area contributed by atoms with Crippen LogP contribution in [0, 0.1) is 6.92 Å². The predicted octanol–water partition coefficient (Wildman–Crippen LogP) is 4.21. The zero-order valence-corrected chi connectivity index (χ0v) is 21.2. The number of halogens is 4. The number of anilines is 1. The fraction of sp³-hybridized carbons (Fsp3) is 0.292. The minimum atomic E-state index is -4.62. The third-order valence-corrected chi connectivity index (χ3v) is 8.73. The second-order valence-corrected chi connectivity index (χ2v) is 11.0. The third kappa shape index (κ3) is 4.88. The molecule has 0 N–H and O–H groups in total. The van der Waals surface area contributed by atoms with E-state index in [0.717, 1.165) is 34.8 Å². The molecule has 0 saturated carbocycles. The zero-order valence-electron chi connectivity index (χ0n) is 19.7.